The van der Waals surface area contributed by atoms with Crippen LogP contribution in [0.1, 0.15) is 297 Å². The lowest BCUT2D eigenvalue weighted by atomic mass is 9.79. The van der Waals surface area contributed by atoms with Gasteiger partial charge in [-0.1, -0.05) is 251 Å². The minimum Gasteiger partial charge on any atom is -0.383 e. The Balaban J connectivity index is 4.65. The van der Waals surface area contributed by atoms with E-state index in [1.54, 1.807) is 0 Å². The minimum atomic E-state index is -2.12. The van der Waals surface area contributed by atoms with E-state index < -0.39 is 29.4 Å². The molecule has 5 heteroatoms. The van der Waals surface area contributed by atoms with Crippen molar-refractivity contribution in [1.29, 1.82) is 0 Å². The number of rotatable bonds is 48. The second-order valence-electron chi connectivity index (χ2n) is 18.4. The van der Waals surface area contributed by atoms with Gasteiger partial charge < -0.3 is 15.3 Å². The molecule has 2 atom stereocenters. The van der Waals surface area contributed by atoms with Crippen LogP contribution in [0.5, 0.6) is 0 Å². The molecule has 5 nitrogen and oxygen atoms in total. The maximum Gasteiger partial charge on any atom is 0.164 e. The van der Waals surface area contributed by atoms with Crippen LogP contribution in [0.2, 0.25) is 0 Å². The van der Waals surface area contributed by atoms with Gasteiger partial charge in [0.1, 0.15) is 17.8 Å². The quantitative estimate of drug-likeness (QED) is 0.0420. The number of hydrogen-bond acceptors (Lipinski definition) is 5. The molecule has 0 radical (unpaired) electrons. The molecule has 344 valence electrons. The molecule has 58 heavy (non-hydrogen) atoms. The number of carbonyl (C=O) groups is 2. The highest BCUT2D eigenvalue weighted by Crippen LogP contribution is 2.28. The molecule has 0 bridgehead atoms. The number of unbranched alkanes of at least 4 members (excludes halogenated alkanes) is 36. The van der Waals surface area contributed by atoms with Crippen LogP contribution < -0.4 is 0 Å². The summed E-state index contributed by atoms with van der Waals surface area (Å²) in [5.41, 5.74) is -2.12. The van der Waals surface area contributed by atoms with E-state index in [9.17, 15) is 24.9 Å². The number of carbonyl (C=O) groups excluding carboxylic acids is 2. The number of Topliss-reactive ketones (excluding diaryl/α,β-unsaturated/α-hetero) is 2. The third-order valence-electron chi connectivity index (χ3n) is 12.7. The summed E-state index contributed by atoms with van der Waals surface area (Å²) in [6.45, 7) is 6.78. The number of hydrogen-bond donors (Lipinski definition) is 3. The second kappa shape index (κ2) is 44.0. The van der Waals surface area contributed by atoms with Gasteiger partial charge in [-0.05, 0) is 44.9 Å². The summed E-state index contributed by atoms with van der Waals surface area (Å²) in [6, 6.07) is 0. The molecule has 0 saturated heterocycles. The van der Waals surface area contributed by atoms with E-state index in [2.05, 4.69) is 32.9 Å². The zero-order chi connectivity index (χ0) is 42.6. The summed E-state index contributed by atoms with van der Waals surface area (Å²) < 4.78 is 0. The summed E-state index contributed by atoms with van der Waals surface area (Å²) in [4.78, 5) is 26.5. The Morgan fingerprint density at radius 2 is 0.586 bits per heavy atom. The van der Waals surface area contributed by atoms with E-state index in [4.69, 9.17) is 0 Å². The third-order valence-corrected chi connectivity index (χ3v) is 12.7. The fourth-order valence-electron chi connectivity index (χ4n) is 8.54. The van der Waals surface area contributed by atoms with Gasteiger partial charge in [0.25, 0.3) is 0 Å². The minimum absolute atomic E-state index is 0.0607. The Hall–Kier alpha value is -1.04. The highest BCUT2D eigenvalue weighted by Gasteiger charge is 2.48. The number of ketones is 2. The molecule has 0 aliphatic carbocycles. The van der Waals surface area contributed by atoms with E-state index >= 15 is 0 Å². The Bertz CT molecular complexity index is 851. The molecule has 0 saturated carbocycles. The van der Waals surface area contributed by atoms with Crippen LogP contribution in [0.25, 0.3) is 0 Å². The summed E-state index contributed by atoms with van der Waals surface area (Å²) in [5, 5.41) is 34.2. The summed E-state index contributed by atoms with van der Waals surface area (Å²) >= 11 is 0. The SMILES string of the molecule is CCCCCCCC/C=C\CCCCCCCCC(O)(C(O)C(=O)CCCCCCCCCCCCCCC)C(O)C(=O)CCCCCCCCCCCCCCC. The van der Waals surface area contributed by atoms with Crippen LogP contribution in [0.15, 0.2) is 12.2 Å². The molecular formula is C53H102O5. The van der Waals surface area contributed by atoms with E-state index in [1.165, 1.54) is 180 Å². The first-order chi connectivity index (χ1) is 28.3. The van der Waals surface area contributed by atoms with E-state index in [-0.39, 0.29) is 19.3 Å². The van der Waals surface area contributed by atoms with E-state index in [0.717, 1.165) is 57.8 Å². The average molecular weight is 819 g/mol. The second-order valence-corrected chi connectivity index (χ2v) is 18.4. The van der Waals surface area contributed by atoms with Crippen LogP contribution >= 0.6 is 0 Å². The predicted molar refractivity (Wildman–Crippen MR) is 252 cm³/mol. The molecule has 0 aromatic heterocycles. The first-order valence-electron chi connectivity index (χ1n) is 26.1. The molecule has 0 amide bonds. The van der Waals surface area contributed by atoms with E-state index in [1.807, 2.05) is 0 Å². The van der Waals surface area contributed by atoms with Gasteiger partial charge in [-0.25, -0.2) is 0 Å². The summed E-state index contributed by atoms with van der Waals surface area (Å²) in [5.74, 6) is -0.883. The fourth-order valence-corrected chi connectivity index (χ4v) is 8.54. The zero-order valence-corrected chi connectivity index (χ0v) is 39.4. The van der Waals surface area contributed by atoms with Crippen LogP contribution in [-0.4, -0.2) is 44.7 Å². The molecule has 0 aliphatic heterocycles. The van der Waals surface area contributed by atoms with Crippen molar-refractivity contribution in [1.82, 2.24) is 0 Å². The summed E-state index contributed by atoms with van der Waals surface area (Å²) in [6.07, 6.45) is 49.3. The highest BCUT2D eigenvalue weighted by molar-refractivity contribution is 5.88. The van der Waals surface area contributed by atoms with Crippen molar-refractivity contribution in [3.8, 4) is 0 Å². The number of aliphatic hydroxyl groups excluding tert-OH is 2. The molecule has 3 N–H and O–H groups in total. The van der Waals surface area contributed by atoms with Gasteiger partial charge in [0.05, 0.1) is 0 Å². The van der Waals surface area contributed by atoms with Gasteiger partial charge in [0.2, 0.25) is 0 Å². The Kier molecular flexibility index (Phi) is 43.2. The molecule has 0 rings (SSSR count). The van der Waals surface area contributed by atoms with Gasteiger partial charge in [-0.3, -0.25) is 9.59 Å². The van der Waals surface area contributed by atoms with Gasteiger partial charge in [-0.15, -0.1) is 0 Å². The zero-order valence-electron chi connectivity index (χ0n) is 39.4. The molecule has 2 unspecified atom stereocenters. The number of allylic oxidation sites excluding steroid dienone is 2. The van der Waals surface area contributed by atoms with Gasteiger partial charge in [0.15, 0.2) is 11.6 Å². The maximum absolute atomic E-state index is 13.2. The van der Waals surface area contributed by atoms with Crippen LogP contribution in [-0.2, 0) is 9.59 Å². The van der Waals surface area contributed by atoms with Crippen LogP contribution in [0, 0.1) is 0 Å². The van der Waals surface area contributed by atoms with Crippen molar-refractivity contribution in [2.45, 2.75) is 315 Å². The maximum atomic E-state index is 13.2. The monoisotopic (exact) mass is 819 g/mol. The fraction of sp³-hybridized carbons (Fsp3) is 0.925. The largest absolute Gasteiger partial charge is 0.383 e. The standard InChI is InChI=1S/C53H102O5/c1-4-7-10-13-16-19-22-25-26-27-30-33-36-39-42-45-48-53(58,51(56)49(54)46-43-40-37-34-31-28-23-20-17-14-11-8-5-2)52(57)50(55)47-44-41-38-35-32-29-24-21-18-15-12-9-6-3/h25-26,51-52,56-58H,4-24,27-48H2,1-3H3/b26-25-. The van der Waals surface area contributed by atoms with Crippen molar-refractivity contribution in [2.75, 3.05) is 0 Å². The van der Waals surface area contributed by atoms with E-state index in [0.29, 0.717) is 19.3 Å². The Labute approximate surface area is 362 Å². The normalized spacial score (nSPS) is 14.0. The van der Waals surface area contributed by atoms with Gasteiger partial charge >= 0.3 is 0 Å². The molecule has 0 aromatic carbocycles. The lowest BCUT2D eigenvalue weighted by molar-refractivity contribution is -0.174. The molecular weight excluding hydrogens is 717 g/mol. The molecule has 0 heterocycles. The number of aliphatic hydroxyl groups is 3. The van der Waals surface area contributed by atoms with Crippen molar-refractivity contribution in [3.05, 3.63) is 12.2 Å². The highest BCUT2D eigenvalue weighted by atomic mass is 16.4. The average Bonchev–Trinajstić information content (AvgIpc) is 3.23. The lowest BCUT2D eigenvalue weighted by Gasteiger charge is -2.36. The van der Waals surface area contributed by atoms with Crippen molar-refractivity contribution >= 4 is 11.6 Å². The third kappa shape index (κ3) is 34.6. The first-order valence-corrected chi connectivity index (χ1v) is 26.1. The smallest absolute Gasteiger partial charge is 0.164 e. The van der Waals surface area contributed by atoms with Gasteiger partial charge in [-0.2, -0.15) is 0 Å². The summed E-state index contributed by atoms with van der Waals surface area (Å²) in [7, 11) is 0. The van der Waals surface area contributed by atoms with Crippen molar-refractivity contribution in [3.63, 3.8) is 0 Å². The van der Waals surface area contributed by atoms with Gasteiger partial charge in [0, 0.05) is 12.8 Å². The van der Waals surface area contributed by atoms with Crippen LogP contribution in [0.4, 0.5) is 0 Å². The first kappa shape index (κ1) is 57.0. The molecule has 0 aromatic rings. The van der Waals surface area contributed by atoms with Crippen molar-refractivity contribution in [2.24, 2.45) is 0 Å². The molecule has 0 fully saturated rings. The predicted octanol–water partition coefficient (Wildman–Crippen LogP) is 16.0. The Morgan fingerprint density at radius 1 is 0.362 bits per heavy atom. The molecule has 0 spiro atoms. The Morgan fingerprint density at radius 3 is 0.862 bits per heavy atom. The molecule has 0 aliphatic rings. The van der Waals surface area contributed by atoms with Crippen molar-refractivity contribution < 1.29 is 24.9 Å². The lowest BCUT2D eigenvalue weighted by Crippen LogP contribution is -2.58. The topological polar surface area (TPSA) is 94.8 Å². The van der Waals surface area contributed by atoms with Crippen LogP contribution in [0.3, 0.4) is 0 Å².